The number of hydrogen-bond donors (Lipinski definition) is 2. The van der Waals surface area contributed by atoms with Crippen LogP contribution < -0.4 is 10.6 Å². The van der Waals surface area contributed by atoms with Crippen LogP contribution in [0.25, 0.3) is 11.6 Å². The Morgan fingerprint density at radius 2 is 1.70 bits per heavy atom. The minimum absolute atomic E-state index is 0.00670. The molecule has 15 heteroatoms. The number of hydrogen-bond acceptors (Lipinski definition) is 8. The molecule has 3 aliphatic rings. The van der Waals surface area contributed by atoms with Crippen molar-refractivity contribution in [1.82, 2.24) is 20.1 Å². The number of carbonyl (C=O) groups is 1. The zero-order chi connectivity index (χ0) is 24.2. The number of pyridine rings is 1. The largest absolute Gasteiger partial charge is 0.426 e. The summed E-state index contributed by atoms with van der Waals surface area (Å²) in [7, 11) is 0. The van der Waals surface area contributed by atoms with E-state index in [0.717, 1.165) is 0 Å². The molecule has 1 amide bonds. The van der Waals surface area contributed by atoms with E-state index in [1.54, 1.807) is 0 Å². The first-order valence-corrected chi connectivity index (χ1v) is 9.85. The minimum Gasteiger partial charge on any atom is -0.416 e. The molecule has 180 valence electrons. The third kappa shape index (κ3) is 4.05. The van der Waals surface area contributed by atoms with E-state index in [0.29, 0.717) is 6.07 Å². The molecule has 1 fully saturated rings. The molecule has 2 aromatic heterocycles. The summed E-state index contributed by atoms with van der Waals surface area (Å²) in [6.45, 7) is 0.107. The van der Waals surface area contributed by atoms with Gasteiger partial charge >= 0.3 is 12.4 Å². The van der Waals surface area contributed by atoms with Gasteiger partial charge in [-0.3, -0.25) is 4.79 Å². The topological polar surface area (TPSA) is 122 Å². The molecular formula is C18H18F6N6O3. The molecule has 6 bridgehead atoms. The Hall–Kier alpha value is -3.10. The number of aromatic nitrogens is 3. The van der Waals surface area contributed by atoms with Crippen molar-refractivity contribution < 1.29 is 40.7 Å². The molecule has 1 saturated heterocycles. The molecule has 2 aromatic rings. The third-order valence-corrected chi connectivity index (χ3v) is 5.65. The Bertz CT molecular complexity index is 1060. The van der Waals surface area contributed by atoms with Gasteiger partial charge in [-0.2, -0.15) is 26.3 Å². The van der Waals surface area contributed by atoms with E-state index in [2.05, 4.69) is 15.2 Å². The summed E-state index contributed by atoms with van der Waals surface area (Å²) in [6, 6.07) is 0.590. The smallest absolute Gasteiger partial charge is 0.416 e. The summed E-state index contributed by atoms with van der Waals surface area (Å²) >= 11 is 0. The van der Waals surface area contributed by atoms with Gasteiger partial charge < -0.3 is 25.1 Å². The first kappa shape index (κ1) is 23.1. The van der Waals surface area contributed by atoms with Gasteiger partial charge in [-0.05, 0) is 18.9 Å². The number of halogens is 6. The quantitative estimate of drug-likeness (QED) is 0.551. The first-order chi connectivity index (χ1) is 15.3. The van der Waals surface area contributed by atoms with Crippen molar-refractivity contribution in [3.8, 4) is 11.6 Å². The number of nitrogens with zero attached hydrogens (tertiary/aromatic N) is 5. The van der Waals surface area contributed by atoms with E-state index in [1.165, 1.54) is 9.80 Å². The monoisotopic (exact) mass is 480 g/mol. The SMILES string of the molecule is Nc1cc(C(F)(F)F)c2nc1-c1nnc(o1)C(O)(C(F)(F)F)CCCC(=O)N1CCN2CC1. The van der Waals surface area contributed by atoms with Crippen LogP contribution in [0.4, 0.5) is 37.8 Å². The summed E-state index contributed by atoms with van der Waals surface area (Å²) in [5, 5.41) is 17.1. The van der Waals surface area contributed by atoms with Gasteiger partial charge in [0.15, 0.2) is 5.69 Å². The number of rotatable bonds is 0. The number of amides is 1. The van der Waals surface area contributed by atoms with Crippen LogP contribution in [0.3, 0.4) is 0 Å². The highest BCUT2D eigenvalue weighted by atomic mass is 19.4. The number of anilines is 2. The van der Waals surface area contributed by atoms with Gasteiger partial charge in [-0.1, -0.05) is 0 Å². The molecule has 3 N–H and O–H groups in total. The van der Waals surface area contributed by atoms with Crippen LogP contribution in [0, 0.1) is 0 Å². The van der Waals surface area contributed by atoms with Crippen LogP contribution >= 0.6 is 0 Å². The highest BCUT2D eigenvalue weighted by molar-refractivity contribution is 5.77. The van der Waals surface area contributed by atoms with Crippen LogP contribution in [-0.2, 0) is 16.6 Å². The molecule has 1 unspecified atom stereocenters. The summed E-state index contributed by atoms with van der Waals surface area (Å²) in [5.74, 6) is -2.91. The Balaban J connectivity index is 1.89. The average Bonchev–Trinajstić information content (AvgIpc) is 3.22. The maximum absolute atomic E-state index is 13.7. The van der Waals surface area contributed by atoms with Gasteiger partial charge in [0.05, 0.1) is 5.69 Å². The van der Waals surface area contributed by atoms with Gasteiger partial charge in [-0.25, -0.2) is 4.98 Å². The van der Waals surface area contributed by atoms with E-state index >= 15 is 0 Å². The number of carbonyl (C=O) groups excluding carboxylic acids is 1. The van der Waals surface area contributed by atoms with Crippen LogP contribution in [-0.4, -0.2) is 63.5 Å². The van der Waals surface area contributed by atoms with E-state index in [-0.39, 0.29) is 39.0 Å². The standard InChI is InChI=1S/C18H18F6N6O3/c19-17(20,21)9-8-10(25)12-14-27-28-15(33-14)16(32,18(22,23)24)3-1-2-11(31)29-4-6-30(7-5-29)13(9)26-12/h8,32H,1-7,25H2. The zero-order valence-electron chi connectivity index (χ0n) is 16.9. The van der Waals surface area contributed by atoms with Gasteiger partial charge in [0.2, 0.25) is 11.5 Å². The maximum atomic E-state index is 13.7. The van der Waals surface area contributed by atoms with Gasteiger partial charge in [0.25, 0.3) is 11.8 Å². The summed E-state index contributed by atoms with van der Waals surface area (Å²) in [6.07, 6.45) is -11.7. The molecule has 5 heterocycles. The summed E-state index contributed by atoms with van der Waals surface area (Å²) < 4.78 is 87.2. The zero-order valence-corrected chi connectivity index (χ0v) is 16.9. The fourth-order valence-electron chi connectivity index (χ4n) is 3.82. The van der Waals surface area contributed by atoms with Crippen molar-refractivity contribution in [2.75, 3.05) is 36.8 Å². The van der Waals surface area contributed by atoms with Crippen molar-refractivity contribution in [2.45, 2.75) is 37.2 Å². The minimum atomic E-state index is -5.23. The lowest BCUT2D eigenvalue weighted by Crippen LogP contribution is -2.49. The van der Waals surface area contributed by atoms with Gasteiger partial charge in [0, 0.05) is 32.6 Å². The highest BCUT2D eigenvalue weighted by Gasteiger charge is 2.58. The molecule has 0 spiro atoms. The lowest BCUT2D eigenvalue weighted by Gasteiger charge is -2.36. The number of nitrogen functional groups attached to an aromatic ring is 1. The van der Waals surface area contributed by atoms with E-state index in [4.69, 9.17) is 10.2 Å². The maximum Gasteiger partial charge on any atom is 0.426 e. The molecule has 0 radical (unpaired) electrons. The fraction of sp³-hybridized carbons (Fsp3) is 0.556. The Labute approximate surface area is 182 Å². The molecular weight excluding hydrogens is 462 g/mol. The fourth-order valence-corrected chi connectivity index (χ4v) is 3.82. The second-order valence-electron chi connectivity index (χ2n) is 7.79. The Kier molecular flexibility index (Phi) is 5.41. The first-order valence-electron chi connectivity index (χ1n) is 9.85. The van der Waals surface area contributed by atoms with Crippen LogP contribution in [0.2, 0.25) is 0 Å². The normalized spacial score (nSPS) is 22.3. The average molecular weight is 480 g/mol. The second-order valence-corrected chi connectivity index (χ2v) is 7.79. The molecule has 0 saturated carbocycles. The molecule has 1 atom stereocenters. The number of aliphatic hydroxyl groups is 1. The van der Waals surface area contributed by atoms with Crippen molar-refractivity contribution in [2.24, 2.45) is 0 Å². The predicted octanol–water partition coefficient (Wildman–Crippen LogP) is 2.32. The van der Waals surface area contributed by atoms with E-state index in [9.17, 15) is 36.2 Å². The Morgan fingerprint density at radius 3 is 2.30 bits per heavy atom. The molecule has 3 aliphatic heterocycles. The lowest BCUT2D eigenvalue weighted by atomic mass is 9.95. The third-order valence-electron chi connectivity index (χ3n) is 5.65. The van der Waals surface area contributed by atoms with Crippen molar-refractivity contribution in [3.05, 3.63) is 17.5 Å². The van der Waals surface area contributed by atoms with Crippen LogP contribution in [0.5, 0.6) is 0 Å². The second kappa shape index (κ2) is 7.74. The van der Waals surface area contributed by atoms with Crippen LogP contribution in [0.15, 0.2) is 10.5 Å². The number of piperazine rings is 1. The van der Waals surface area contributed by atoms with Crippen LogP contribution in [0.1, 0.15) is 30.7 Å². The highest BCUT2D eigenvalue weighted by Crippen LogP contribution is 2.44. The summed E-state index contributed by atoms with van der Waals surface area (Å²) in [4.78, 5) is 19.0. The Morgan fingerprint density at radius 1 is 1.06 bits per heavy atom. The lowest BCUT2D eigenvalue weighted by molar-refractivity contribution is -0.277. The van der Waals surface area contributed by atoms with E-state index < -0.39 is 64.8 Å². The summed E-state index contributed by atoms with van der Waals surface area (Å²) in [5.41, 5.74) is -0.00412. The van der Waals surface area contributed by atoms with Crippen molar-refractivity contribution >= 4 is 17.4 Å². The van der Waals surface area contributed by atoms with Gasteiger partial charge in [-0.15, -0.1) is 10.2 Å². The molecule has 0 aromatic carbocycles. The van der Waals surface area contributed by atoms with E-state index in [1.807, 2.05) is 0 Å². The number of fused-ring (bicyclic) bond motifs is 6. The molecule has 33 heavy (non-hydrogen) atoms. The predicted molar refractivity (Wildman–Crippen MR) is 99.5 cm³/mol. The number of alkyl halides is 6. The van der Waals surface area contributed by atoms with Gasteiger partial charge in [0.1, 0.15) is 11.4 Å². The van der Waals surface area contributed by atoms with Crippen molar-refractivity contribution in [3.63, 3.8) is 0 Å². The van der Waals surface area contributed by atoms with Crippen molar-refractivity contribution in [1.29, 1.82) is 0 Å². The number of nitrogens with two attached hydrogens (primary N) is 1. The molecule has 0 aliphatic carbocycles. The molecule has 9 nitrogen and oxygen atoms in total. The molecule has 5 rings (SSSR count).